The van der Waals surface area contributed by atoms with E-state index < -0.39 is 6.10 Å². The maximum atomic E-state index is 13.3. The van der Waals surface area contributed by atoms with Crippen LogP contribution in [-0.4, -0.2) is 11.7 Å². The molecule has 0 aliphatic heterocycles. The molecule has 1 atom stereocenters. The van der Waals surface area contributed by atoms with Crippen LogP contribution in [-0.2, 0) is 0 Å². The van der Waals surface area contributed by atoms with E-state index >= 15 is 0 Å². The van der Waals surface area contributed by atoms with Crippen LogP contribution < -0.4 is 4.74 Å². The van der Waals surface area contributed by atoms with Gasteiger partial charge in [0.25, 0.3) is 0 Å². The molecule has 0 heterocycles. The van der Waals surface area contributed by atoms with Gasteiger partial charge in [-0.05, 0) is 54.3 Å². The van der Waals surface area contributed by atoms with Crippen molar-refractivity contribution in [3.05, 3.63) is 65.0 Å². The highest BCUT2D eigenvalue weighted by atomic mass is 19.1. The van der Waals surface area contributed by atoms with Gasteiger partial charge in [0.1, 0.15) is 17.7 Å². The van der Waals surface area contributed by atoms with Crippen molar-refractivity contribution < 1.29 is 14.2 Å². The van der Waals surface area contributed by atoms with Crippen LogP contribution in [0.4, 0.5) is 4.39 Å². The predicted molar refractivity (Wildman–Crippen MR) is 77.4 cm³/mol. The summed E-state index contributed by atoms with van der Waals surface area (Å²) in [5, 5.41) is 10.4. The lowest BCUT2D eigenvalue weighted by atomic mass is 9.97. The van der Waals surface area contributed by atoms with Crippen molar-refractivity contribution in [1.29, 1.82) is 0 Å². The Bertz CT molecular complexity index is 564. The second kappa shape index (κ2) is 6.53. The zero-order valence-electron chi connectivity index (χ0n) is 11.8. The van der Waals surface area contributed by atoms with Crippen LogP contribution in [0.2, 0.25) is 0 Å². The molecule has 1 unspecified atom stereocenters. The molecule has 0 fully saturated rings. The van der Waals surface area contributed by atoms with E-state index in [9.17, 15) is 9.50 Å². The standard InChI is InChI=1S/C17H19FO2/c1-3-10-20-15-8-5-13(6-9-15)17(19)16-11-14(18)7-4-12(16)2/h4-9,11,17,19H,3,10H2,1-2H3. The minimum absolute atomic E-state index is 0.340. The quantitative estimate of drug-likeness (QED) is 0.892. The Labute approximate surface area is 118 Å². The van der Waals surface area contributed by atoms with E-state index in [-0.39, 0.29) is 5.82 Å². The molecule has 20 heavy (non-hydrogen) atoms. The van der Waals surface area contributed by atoms with Crippen LogP contribution in [0.5, 0.6) is 5.75 Å². The number of aliphatic hydroxyl groups excluding tert-OH is 1. The third-order valence-electron chi connectivity index (χ3n) is 3.20. The first-order valence-corrected chi connectivity index (χ1v) is 6.78. The largest absolute Gasteiger partial charge is 0.494 e. The molecule has 0 saturated carbocycles. The van der Waals surface area contributed by atoms with Crippen molar-refractivity contribution in [2.75, 3.05) is 6.61 Å². The molecule has 0 aliphatic rings. The normalized spacial score (nSPS) is 12.2. The summed E-state index contributed by atoms with van der Waals surface area (Å²) < 4.78 is 18.8. The van der Waals surface area contributed by atoms with Gasteiger partial charge in [-0.25, -0.2) is 4.39 Å². The molecule has 0 aliphatic carbocycles. The third kappa shape index (κ3) is 3.36. The fraction of sp³-hybridized carbons (Fsp3) is 0.294. The van der Waals surface area contributed by atoms with Crippen LogP contribution in [0.3, 0.4) is 0 Å². The van der Waals surface area contributed by atoms with E-state index in [1.54, 1.807) is 18.2 Å². The van der Waals surface area contributed by atoms with Crippen molar-refractivity contribution in [2.24, 2.45) is 0 Å². The SMILES string of the molecule is CCCOc1ccc(C(O)c2cc(F)ccc2C)cc1. The third-order valence-corrected chi connectivity index (χ3v) is 3.20. The van der Waals surface area contributed by atoms with Crippen molar-refractivity contribution in [3.8, 4) is 5.75 Å². The van der Waals surface area contributed by atoms with Gasteiger partial charge in [0.15, 0.2) is 0 Å². The Balaban J connectivity index is 2.20. The lowest BCUT2D eigenvalue weighted by Gasteiger charge is -2.15. The first kappa shape index (κ1) is 14.5. The summed E-state index contributed by atoms with van der Waals surface area (Å²) in [5.74, 6) is 0.436. The fourth-order valence-electron chi connectivity index (χ4n) is 2.05. The Kier molecular flexibility index (Phi) is 4.74. The van der Waals surface area contributed by atoms with E-state index in [0.29, 0.717) is 12.2 Å². The van der Waals surface area contributed by atoms with Crippen molar-refractivity contribution >= 4 is 0 Å². The van der Waals surface area contributed by atoms with Crippen LogP contribution in [0.1, 0.15) is 36.1 Å². The lowest BCUT2D eigenvalue weighted by molar-refractivity contribution is 0.219. The predicted octanol–water partition coefficient (Wildman–Crippen LogP) is 4.00. The number of aliphatic hydroxyl groups is 1. The van der Waals surface area contributed by atoms with Gasteiger partial charge in [0.2, 0.25) is 0 Å². The molecule has 0 radical (unpaired) electrons. The van der Waals surface area contributed by atoms with Crippen molar-refractivity contribution in [3.63, 3.8) is 0 Å². The number of rotatable bonds is 5. The number of benzene rings is 2. The molecule has 2 rings (SSSR count). The van der Waals surface area contributed by atoms with Gasteiger partial charge in [-0.1, -0.05) is 25.1 Å². The molecule has 3 heteroatoms. The molecule has 2 aromatic rings. The minimum Gasteiger partial charge on any atom is -0.494 e. The average molecular weight is 274 g/mol. The van der Waals surface area contributed by atoms with Gasteiger partial charge in [0.05, 0.1) is 6.61 Å². The zero-order valence-corrected chi connectivity index (χ0v) is 11.8. The van der Waals surface area contributed by atoms with Crippen LogP contribution in [0.15, 0.2) is 42.5 Å². The number of ether oxygens (including phenoxy) is 1. The van der Waals surface area contributed by atoms with Crippen molar-refractivity contribution in [1.82, 2.24) is 0 Å². The summed E-state index contributed by atoms with van der Waals surface area (Å²) in [4.78, 5) is 0. The highest BCUT2D eigenvalue weighted by molar-refractivity contribution is 5.37. The smallest absolute Gasteiger partial charge is 0.123 e. The topological polar surface area (TPSA) is 29.5 Å². The van der Waals surface area contributed by atoms with Gasteiger partial charge in [-0.3, -0.25) is 0 Å². The summed E-state index contributed by atoms with van der Waals surface area (Å²) >= 11 is 0. The summed E-state index contributed by atoms with van der Waals surface area (Å²) in [6.07, 6.45) is 0.123. The average Bonchev–Trinajstić information content (AvgIpc) is 2.47. The molecule has 1 N–H and O–H groups in total. The molecule has 0 spiro atoms. The maximum absolute atomic E-state index is 13.3. The molecule has 0 bridgehead atoms. The van der Waals surface area contributed by atoms with Crippen LogP contribution in [0.25, 0.3) is 0 Å². The molecular formula is C17H19FO2. The lowest BCUT2D eigenvalue weighted by Crippen LogP contribution is -2.03. The fourth-order valence-corrected chi connectivity index (χ4v) is 2.05. The highest BCUT2D eigenvalue weighted by Gasteiger charge is 2.13. The molecular weight excluding hydrogens is 255 g/mol. The molecule has 2 nitrogen and oxygen atoms in total. The molecule has 0 amide bonds. The van der Waals surface area contributed by atoms with Gasteiger partial charge in [-0.15, -0.1) is 0 Å². The Morgan fingerprint density at radius 2 is 1.85 bits per heavy atom. The van der Waals surface area contributed by atoms with E-state index in [4.69, 9.17) is 4.74 Å². The molecule has 2 aromatic carbocycles. The molecule has 0 saturated heterocycles. The zero-order chi connectivity index (χ0) is 14.5. The first-order valence-electron chi connectivity index (χ1n) is 6.78. The second-order valence-electron chi connectivity index (χ2n) is 4.82. The number of hydrogen-bond acceptors (Lipinski definition) is 2. The Morgan fingerprint density at radius 1 is 1.15 bits per heavy atom. The van der Waals surface area contributed by atoms with Crippen LogP contribution >= 0.6 is 0 Å². The Hall–Kier alpha value is -1.87. The summed E-state index contributed by atoms with van der Waals surface area (Å²) in [6.45, 7) is 4.58. The Morgan fingerprint density at radius 3 is 2.50 bits per heavy atom. The highest BCUT2D eigenvalue weighted by Crippen LogP contribution is 2.26. The van der Waals surface area contributed by atoms with Gasteiger partial charge >= 0.3 is 0 Å². The van der Waals surface area contributed by atoms with Gasteiger partial charge < -0.3 is 9.84 Å². The minimum atomic E-state index is -0.828. The van der Waals surface area contributed by atoms with E-state index in [2.05, 4.69) is 0 Å². The van der Waals surface area contributed by atoms with Crippen molar-refractivity contribution in [2.45, 2.75) is 26.4 Å². The van der Waals surface area contributed by atoms with E-state index in [1.165, 1.54) is 12.1 Å². The number of hydrogen-bond donors (Lipinski definition) is 1. The van der Waals surface area contributed by atoms with E-state index in [1.807, 2.05) is 26.0 Å². The van der Waals surface area contributed by atoms with E-state index in [0.717, 1.165) is 23.3 Å². The number of halogens is 1. The van der Waals surface area contributed by atoms with Gasteiger partial charge in [0, 0.05) is 0 Å². The summed E-state index contributed by atoms with van der Waals surface area (Å²) in [6, 6.07) is 11.7. The van der Waals surface area contributed by atoms with Gasteiger partial charge in [-0.2, -0.15) is 0 Å². The van der Waals surface area contributed by atoms with Crippen LogP contribution in [0, 0.1) is 12.7 Å². The monoisotopic (exact) mass is 274 g/mol. The molecule has 0 aromatic heterocycles. The first-order chi connectivity index (χ1) is 9.61. The molecule has 106 valence electrons. The summed E-state index contributed by atoms with van der Waals surface area (Å²) in [7, 11) is 0. The number of aryl methyl sites for hydroxylation is 1. The second-order valence-corrected chi connectivity index (χ2v) is 4.82. The maximum Gasteiger partial charge on any atom is 0.123 e. The summed E-state index contributed by atoms with van der Waals surface area (Å²) in [5.41, 5.74) is 2.18.